The average molecular weight is 533 g/mol. The Labute approximate surface area is 200 Å². The standard InChI is InChI=1S/C22H40N6O.HI/c1-20(27-14-16-28(17-15-27)21-9-6-5-7-10-21)19-25-22(23-2)24-11-13-26(3)12-8-18-29-4;/h5-7,9-10,20H,8,11-19H2,1-4H3,(H2,23,24,25);1H. The number of rotatable bonds is 11. The van der Waals surface area contributed by atoms with Crippen molar-refractivity contribution < 1.29 is 4.74 Å². The molecule has 2 N–H and O–H groups in total. The van der Waals surface area contributed by atoms with Crippen LogP contribution in [0.3, 0.4) is 0 Å². The monoisotopic (exact) mass is 532 g/mol. The lowest BCUT2D eigenvalue weighted by molar-refractivity contribution is 0.180. The Kier molecular flexibility index (Phi) is 14.1. The third kappa shape index (κ3) is 9.80. The van der Waals surface area contributed by atoms with E-state index >= 15 is 0 Å². The summed E-state index contributed by atoms with van der Waals surface area (Å²) in [6, 6.07) is 11.2. The molecule has 1 heterocycles. The van der Waals surface area contributed by atoms with Crippen LogP contribution in [0.4, 0.5) is 5.69 Å². The normalized spacial score (nSPS) is 16.3. The maximum atomic E-state index is 5.11. The van der Waals surface area contributed by atoms with Gasteiger partial charge in [0.1, 0.15) is 0 Å². The van der Waals surface area contributed by atoms with Crippen LogP contribution < -0.4 is 15.5 Å². The van der Waals surface area contributed by atoms with E-state index in [2.05, 4.69) is 74.6 Å². The van der Waals surface area contributed by atoms with Crippen LogP contribution in [0, 0.1) is 0 Å². The quantitative estimate of drug-likeness (QED) is 0.197. The second-order valence-electron chi connectivity index (χ2n) is 7.74. The Bertz CT molecular complexity index is 580. The van der Waals surface area contributed by atoms with Gasteiger partial charge in [0, 0.05) is 84.9 Å². The SMILES string of the molecule is CN=C(NCCN(C)CCCOC)NCC(C)N1CCN(c2ccccc2)CC1.I. The van der Waals surface area contributed by atoms with E-state index in [-0.39, 0.29) is 24.0 Å². The van der Waals surface area contributed by atoms with Crippen LogP contribution in [0.15, 0.2) is 35.3 Å². The molecule has 1 fully saturated rings. The van der Waals surface area contributed by atoms with E-state index in [0.717, 1.165) is 71.3 Å². The molecule has 8 heteroatoms. The van der Waals surface area contributed by atoms with Gasteiger partial charge in [0.2, 0.25) is 0 Å². The number of likely N-dealkylation sites (N-methyl/N-ethyl adjacent to an activating group) is 1. The van der Waals surface area contributed by atoms with Gasteiger partial charge in [-0.15, -0.1) is 24.0 Å². The summed E-state index contributed by atoms with van der Waals surface area (Å²) >= 11 is 0. The lowest BCUT2D eigenvalue weighted by Crippen LogP contribution is -2.53. The first-order chi connectivity index (χ1) is 14.1. The number of para-hydroxylation sites is 1. The number of halogens is 1. The molecule has 1 aliphatic heterocycles. The molecule has 0 amide bonds. The molecule has 0 aliphatic carbocycles. The maximum absolute atomic E-state index is 5.11. The van der Waals surface area contributed by atoms with E-state index in [1.54, 1.807) is 7.11 Å². The molecule has 30 heavy (non-hydrogen) atoms. The van der Waals surface area contributed by atoms with Gasteiger partial charge in [-0.1, -0.05) is 18.2 Å². The Morgan fingerprint density at radius 2 is 1.83 bits per heavy atom. The van der Waals surface area contributed by atoms with Gasteiger partial charge in [0.25, 0.3) is 0 Å². The molecular weight excluding hydrogens is 491 g/mol. The zero-order valence-corrected chi connectivity index (χ0v) is 21.5. The number of piperazine rings is 1. The fourth-order valence-electron chi connectivity index (χ4n) is 3.61. The number of hydrogen-bond donors (Lipinski definition) is 2. The van der Waals surface area contributed by atoms with E-state index in [0.29, 0.717) is 6.04 Å². The minimum atomic E-state index is 0. The number of anilines is 1. The van der Waals surface area contributed by atoms with Crippen molar-refractivity contribution in [2.45, 2.75) is 19.4 Å². The van der Waals surface area contributed by atoms with E-state index in [1.807, 2.05) is 7.05 Å². The molecule has 1 unspecified atom stereocenters. The second-order valence-corrected chi connectivity index (χ2v) is 7.74. The third-order valence-corrected chi connectivity index (χ3v) is 5.52. The lowest BCUT2D eigenvalue weighted by atomic mass is 10.2. The van der Waals surface area contributed by atoms with Crippen LogP contribution in [0.1, 0.15) is 13.3 Å². The van der Waals surface area contributed by atoms with Gasteiger partial charge in [0.15, 0.2) is 5.96 Å². The minimum absolute atomic E-state index is 0. The fourth-order valence-corrected chi connectivity index (χ4v) is 3.61. The molecule has 0 radical (unpaired) electrons. The van der Waals surface area contributed by atoms with Crippen LogP contribution in [0.25, 0.3) is 0 Å². The van der Waals surface area contributed by atoms with Crippen LogP contribution in [0.5, 0.6) is 0 Å². The lowest BCUT2D eigenvalue weighted by Gasteiger charge is -2.39. The molecule has 0 saturated carbocycles. The number of nitrogens with one attached hydrogen (secondary N) is 2. The van der Waals surface area contributed by atoms with Crippen molar-refractivity contribution in [3.63, 3.8) is 0 Å². The molecule has 0 aromatic heterocycles. The van der Waals surface area contributed by atoms with Gasteiger partial charge in [0.05, 0.1) is 0 Å². The summed E-state index contributed by atoms with van der Waals surface area (Å²) in [6.45, 7) is 11.3. The number of aliphatic imine (C=N–C) groups is 1. The molecule has 2 rings (SSSR count). The number of ether oxygens (including phenoxy) is 1. The predicted octanol–water partition coefficient (Wildman–Crippen LogP) is 1.95. The first kappa shape index (κ1) is 26.9. The van der Waals surface area contributed by atoms with E-state index < -0.39 is 0 Å². The first-order valence-electron chi connectivity index (χ1n) is 10.8. The van der Waals surface area contributed by atoms with E-state index in [1.165, 1.54) is 5.69 Å². The maximum Gasteiger partial charge on any atom is 0.191 e. The van der Waals surface area contributed by atoms with Gasteiger partial charge < -0.3 is 25.2 Å². The van der Waals surface area contributed by atoms with Crippen molar-refractivity contribution in [3.8, 4) is 0 Å². The highest BCUT2D eigenvalue weighted by Gasteiger charge is 2.21. The van der Waals surface area contributed by atoms with Crippen LogP contribution >= 0.6 is 24.0 Å². The first-order valence-corrected chi connectivity index (χ1v) is 10.8. The van der Waals surface area contributed by atoms with Gasteiger partial charge in [-0.3, -0.25) is 9.89 Å². The number of methoxy groups -OCH3 is 1. The second kappa shape index (κ2) is 15.7. The van der Waals surface area contributed by atoms with Crippen molar-refractivity contribution in [1.82, 2.24) is 20.4 Å². The number of benzene rings is 1. The van der Waals surface area contributed by atoms with Gasteiger partial charge in [-0.25, -0.2) is 0 Å². The smallest absolute Gasteiger partial charge is 0.191 e. The van der Waals surface area contributed by atoms with Crippen LogP contribution in [0.2, 0.25) is 0 Å². The highest BCUT2D eigenvalue weighted by atomic mass is 127. The van der Waals surface area contributed by atoms with Crippen molar-refractivity contribution in [2.75, 3.05) is 85.1 Å². The average Bonchev–Trinajstić information content (AvgIpc) is 2.76. The highest BCUT2D eigenvalue weighted by Crippen LogP contribution is 2.16. The Morgan fingerprint density at radius 1 is 1.13 bits per heavy atom. The number of guanidine groups is 1. The van der Waals surface area contributed by atoms with Crippen molar-refractivity contribution >= 4 is 35.6 Å². The van der Waals surface area contributed by atoms with Crippen molar-refractivity contribution in [3.05, 3.63) is 30.3 Å². The number of nitrogens with zero attached hydrogens (tertiary/aromatic N) is 4. The third-order valence-electron chi connectivity index (χ3n) is 5.52. The Morgan fingerprint density at radius 3 is 2.47 bits per heavy atom. The molecule has 1 atom stereocenters. The van der Waals surface area contributed by atoms with Gasteiger partial charge in [-0.05, 0) is 32.5 Å². The Balaban J connectivity index is 0.00000450. The zero-order valence-electron chi connectivity index (χ0n) is 19.1. The Hall–Kier alpha value is -1.10. The van der Waals surface area contributed by atoms with E-state index in [4.69, 9.17) is 4.74 Å². The molecule has 1 aromatic carbocycles. The molecule has 1 saturated heterocycles. The molecule has 1 aliphatic rings. The summed E-state index contributed by atoms with van der Waals surface area (Å²) in [7, 11) is 5.73. The van der Waals surface area contributed by atoms with E-state index in [9.17, 15) is 0 Å². The van der Waals surface area contributed by atoms with Gasteiger partial charge >= 0.3 is 0 Å². The highest BCUT2D eigenvalue weighted by molar-refractivity contribution is 14.0. The molecule has 0 bridgehead atoms. The topological polar surface area (TPSA) is 55.4 Å². The summed E-state index contributed by atoms with van der Waals surface area (Å²) in [5.41, 5.74) is 1.33. The van der Waals surface area contributed by atoms with Crippen LogP contribution in [-0.2, 0) is 4.74 Å². The summed E-state index contributed by atoms with van der Waals surface area (Å²) in [4.78, 5) is 11.7. The predicted molar refractivity (Wildman–Crippen MR) is 138 cm³/mol. The molecular formula is C22H41IN6O. The van der Waals surface area contributed by atoms with Crippen molar-refractivity contribution in [2.24, 2.45) is 4.99 Å². The molecule has 172 valence electrons. The summed E-state index contributed by atoms with van der Waals surface area (Å²) in [5.74, 6) is 0.880. The molecule has 1 aromatic rings. The largest absolute Gasteiger partial charge is 0.385 e. The minimum Gasteiger partial charge on any atom is -0.385 e. The molecule has 7 nitrogen and oxygen atoms in total. The summed E-state index contributed by atoms with van der Waals surface area (Å²) in [5, 5.41) is 6.90. The zero-order chi connectivity index (χ0) is 20.9. The van der Waals surface area contributed by atoms with Crippen molar-refractivity contribution in [1.29, 1.82) is 0 Å². The summed E-state index contributed by atoms with van der Waals surface area (Å²) < 4.78 is 5.11. The van der Waals surface area contributed by atoms with Crippen LogP contribution in [-0.4, -0.2) is 102 Å². The van der Waals surface area contributed by atoms with Gasteiger partial charge in [-0.2, -0.15) is 0 Å². The fraction of sp³-hybridized carbons (Fsp3) is 0.682. The molecule has 0 spiro atoms. The summed E-state index contributed by atoms with van der Waals surface area (Å²) in [6.07, 6.45) is 1.06. The number of hydrogen-bond acceptors (Lipinski definition) is 5.